The van der Waals surface area contributed by atoms with Crippen molar-refractivity contribution in [2.24, 2.45) is 0 Å². The number of carbonyl (C=O) groups excluding carboxylic acids is 2. The van der Waals surface area contributed by atoms with Crippen LogP contribution in [0.4, 0.5) is 18.9 Å². The van der Waals surface area contributed by atoms with Crippen LogP contribution in [0.15, 0.2) is 42.5 Å². The SMILES string of the molecule is C[C@H](OC(=O)c1ccccc1F)C(=O)Nc1ccc(F)cc1F. The Morgan fingerprint density at radius 2 is 1.74 bits per heavy atom. The average molecular weight is 323 g/mol. The molecule has 1 atom stereocenters. The van der Waals surface area contributed by atoms with Crippen molar-refractivity contribution in [3.8, 4) is 0 Å². The fourth-order valence-electron chi connectivity index (χ4n) is 1.73. The summed E-state index contributed by atoms with van der Waals surface area (Å²) < 4.78 is 44.5. The molecule has 2 rings (SSSR count). The molecule has 120 valence electrons. The third-order valence-electron chi connectivity index (χ3n) is 2.94. The number of anilines is 1. The molecule has 0 saturated heterocycles. The van der Waals surface area contributed by atoms with Crippen LogP contribution in [0.25, 0.3) is 0 Å². The summed E-state index contributed by atoms with van der Waals surface area (Å²) in [5, 5.41) is 2.16. The molecule has 0 saturated carbocycles. The number of hydrogen-bond acceptors (Lipinski definition) is 3. The summed E-state index contributed by atoms with van der Waals surface area (Å²) in [4.78, 5) is 23.6. The smallest absolute Gasteiger partial charge is 0.341 e. The van der Waals surface area contributed by atoms with E-state index >= 15 is 0 Å². The second-order valence-corrected chi connectivity index (χ2v) is 4.64. The minimum Gasteiger partial charge on any atom is -0.449 e. The van der Waals surface area contributed by atoms with E-state index in [1.54, 1.807) is 0 Å². The zero-order chi connectivity index (χ0) is 17.0. The van der Waals surface area contributed by atoms with Crippen molar-refractivity contribution in [3.63, 3.8) is 0 Å². The topological polar surface area (TPSA) is 55.4 Å². The maximum atomic E-state index is 13.4. The highest BCUT2D eigenvalue weighted by Crippen LogP contribution is 2.16. The molecule has 0 aliphatic carbocycles. The van der Waals surface area contributed by atoms with E-state index < -0.39 is 35.4 Å². The largest absolute Gasteiger partial charge is 0.449 e. The van der Waals surface area contributed by atoms with Gasteiger partial charge in [0.05, 0.1) is 11.3 Å². The maximum absolute atomic E-state index is 13.4. The second-order valence-electron chi connectivity index (χ2n) is 4.64. The lowest BCUT2D eigenvalue weighted by Gasteiger charge is -2.14. The predicted octanol–water partition coefficient (Wildman–Crippen LogP) is 3.29. The molecule has 23 heavy (non-hydrogen) atoms. The molecular formula is C16H12F3NO3. The molecule has 0 bridgehead atoms. The van der Waals surface area contributed by atoms with E-state index in [1.807, 2.05) is 0 Å². The average Bonchev–Trinajstić information content (AvgIpc) is 2.50. The monoisotopic (exact) mass is 323 g/mol. The molecule has 4 nitrogen and oxygen atoms in total. The van der Waals surface area contributed by atoms with Gasteiger partial charge < -0.3 is 10.1 Å². The van der Waals surface area contributed by atoms with Gasteiger partial charge in [0, 0.05) is 6.07 Å². The van der Waals surface area contributed by atoms with Gasteiger partial charge in [-0.25, -0.2) is 18.0 Å². The number of hydrogen-bond donors (Lipinski definition) is 1. The van der Waals surface area contributed by atoms with Crippen LogP contribution in [0.3, 0.4) is 0 Å². The summed E-state index contributed by atoms with van der Waals surface area (Å²) in [6.07, 6.45) is -1.30. The van der Waals surface area contributed by atoms with E-state index in [4.69, 9.17) is 4.74 Å². The van der Waals surface area contributed by atoms with Crippen LogP contribution < -0.4 is 5.32 Å². The van der Waals surface area contributed by atoms with Crippen molar-refractivity contribution in [1.82, 2.24) is 0 Å². The molecule has 0 heterocycles. The molecule has 2 aromatic rings. The summed E-state index contributed by atoms with van der Waals surface area (Å²) in [6.45, 7) is 1.25. The van der Waals surface area contributed by atoms with Gasteiger partial charge in [0.15, 0.2) is 6.10 Å². The van der Waals surface area contributed by atoms with Crippen molar-refractivity contribution >= 4 is 17.6 Å². The molecule has 1 amide bonds. The quantitative estimate of drug-likeness (QED) is 0.879. The van der Waals surface area contributed by atoms with E-state index in [0.717, 1.165) is 18.2 Å². The molecule has 0 radical (unpaired) electrons. The van der Waals surface area contributed by atoms with E-state index in [9.17, 15) is 22.8 Å². The molecule has 1 N–H and O–H groups in total. The lowest BCUT2D eigenvalue weighted by Crippen LogP contribution is -2.30. The first kappa shape index (κ1) is 16.5. The highest BCUT2D eigenvalue weighted by molar-refractivity contribution is 5.97. The zero-order valence-corrected chi connectivity index (χ0v) is 12.0. The second kappa shape index (κ2) is 6.95. The van der Waals surface area contributed by atoms with Gasteiger partial charge in [0.2, 0.25) is 0 Å². The Morgan fingerprint density at radius 3 is 2.39 bits per heavy atom. The zero-order valence-electron chi connectivity index (χ0n) is 12.0. The molecule has 0 aliphatic rings. The number of ether oxygens (including phenoxy) is 1. The van der Waals surface area contributed by atoms with Gasteiger partial charge in [-0.3, -0.25) is 4.79 Å². The molecule has 0 aromatic heterocycles. The summed E-state index contributed by atoms with van der Waals surface area (Å²) in [6, 6.07) is 7.74. The lowest BCUT2D eigenvalue weighted by atomic mass is 10.2. The van der Waals surface area contributed by atoms with E-state index in [-0.39, 0.29) is 11.3 Å². The molecule has 0 spiro atoms. The Balaban J connectivity index is 2.03. The van der Waals surface area contributed by atoms with Gasteiger partial charge in [-0.15, -0.1) is 0 Å². The molecule has 0 fully saturated rings. The van der Waals surface area contributed by atoms with Gasteiger partial charge in [0.1, 0.15) is 17.5 Å². The Morgan fingerprint density at radius 1 is 1.04 bits per heavy atom. The number of nitrogens with one attached hydrogen (secondary N) is 1. The molecule has 2 aromatic carbocycles. The van der Waals surface area contributed by atoms with Gasteiger partial charge in [-0.05, 0) is 31.2 Å². The van der Waals surface area contributed by atoms with Gasteiger partial charge in [-0.2, -0.15) is 0 Å². The van der Waals surface area contributed by atoms with Gasteiger partial charge >= 0.3 is 5.97 Å². The minimum atomic E-state index is -1.30. The van der Waals surface area contributed by atoms with E-state index in [0.29, 0.717) is 6.07 Å². The number of amides is 1. The number of esters is 1. The maximum Gasteiger partial charge on any atom is 0.341 e. The summed E-state index contributed by atoms with van der Waals surface area (Å²) in [5.74, 6) is -4.40. The predicted molar refractivity (Wildman–Crippen MR) is 76.3 cm³/mol. The molecule has 0 unspecified atom stereocenters. The number of halogens is 3. The Bertz CT molecular complexity index is 749. The van der Waals surface area contributed by atoms with Crippen LogP contribution in [0.1, 0.15) is 17.3 Å². The summed E-state index contributed by atoms with van der Waals surface area (Å²) in [7, 11) is 0. The van der Waals surface area contributed by atoms with Crippen LogP contribution in [0.5, 0.6) is 0 Å². The van der Waals surface area contributed by atoms with Crippen LogP contribution in [-0.2, 0) is 9.53 Å². The Labute approximate surface area is 129 Å². The third-order valence-corrected chi connectivity index (χ3v) is 2.94. The minimum absolute atomic E-state index is 0.259. The van der Waals surface area contributed by atoms with Crippen LogP contribution >= 0.6 is 0 Å². The lowest BCUT2D eigenvalue weighted by molar-refractivity contribution is -0.123. The summed E-state index contributed by atoms with van der Waals surface area (Å²) >= 11 is 0. The van der Waals surface area contributed by atoms with Gasteiger partial charge in [-0.1, -0.05) is 12.1 Å². The van der Waals surface area contributed by atoms with Gasteiger partial charge in [0.25, 0.3) is 5.91 Å². The Hall–Kier alpha value is -2.83. The number of benzene rings is 2. The molecule has 0 aliphatic heterocycles. The first-order valence-electron chi connectivity index (χ1n) is 6.60. The van der Waals surface area contributed by atoms with Crippen LogP contribution in [0.2, 0.25) is 0 Å². The molecular weight excluding hydrogens is 311 g/mol. The highest BCUT2D eigenvalue weighted by atomic mass is 19.1. The fraction of sp³-hybridized carbons (Fsp3) is 0.125. The first-order chi connectivity index (χ1) is 10.9. The van der Waals surface area contributed by atoms with Crippen LogP contribution in [-0.4, -0.2) is 18.0 Å². The Kier molecular flexibility index (Phi) is 5.00. The number of carbonyl (C=O) groups is 2. The van der Waals surface area contributed by atoms with Crippen molar-refractivity contribution < 1.29 is 27.5 Å². The van der Waals surface area contributed by atoms with Crippen molar-refractivity contribution in [3.05, 3.63) is 65.5 Å². The normalized spacial score (nSPS) is 11.7. The van der Waals surface area contributed by atoms with E-state index in [2.05, 4.69) is 5.32 Å². The number of rotatable bonds is 4. The van der Waals surface area contributed by atoms with Crippen LogP contribution in [0, 0.1) is 17.5 Å². The molecule has 7 heteroatoms. The first-order valence-corrected chi connectivity index (χ1v) is 6.60. The van der Waals surface area contributed by atoms with Crippen molar-refractivity contribution in [2.45, 2.75) is 13.0 Å². The summed E-state index contributed by atoms with van der Waals surface area (Å²) in [5.41, 5.74) is -0.578. The highest BCUT2D eigenvalue weighted by Gasteiger charge is 2.21. The fourth-order valence-corrected chi connectivity index (χ4v) is 1.73. The van der Waals surface area contributed by atoms with E-state index in [1.165, 1.54) is 25.1 Å². The standard InChI is InChI=1S/C16H12F3NO3/c1-9(23-16(22)11-4-2-3-5-12(11)18)15(21)20-14-7-6-10(17)8-13(14)19/h2-9H,1H3,(H,20,21)/t9-/m0/s1. The third kappa shape index (κ3) is 4.09. The van der Waals surface area contributed by atoms with Crippen molar-refractivity contribution in [1.29, 1.82) is 0 Å². The van der Waals surface area contributed by atoms with Crippen molar-refractivity contribution in [2.75, 3.05) is 5.32 Å².